The van der Waals surface area contributed by atoms with E-state index in [4.69, 9.17) is 4.74 Å². The molecule has 0 spiro atoms. The van der Waals surface area contributed by atoms with Gasteiger partial charge in [-0.15, -0.1) is 24.0 Å². The van der Waals surface area contributed by atoms with Gasteiger partial charge in [0.25, 0.3) is 0 Å². The number of benzene rings is 1. The van der Waals surface area contributed by atoms with Crippen molar-refractivity contribution in [2.75, 3.05) is 39.6 Å². The van der Waals surface area contributed by atoms with E-state index in [1.54, 1.807) is 14.2 Å². The van der Waals surface area contributed by atoms with Crippen molar-refractivity contribution in [2.24, 2.45) is 10.4 Å². The molecule has 6 nitrogen and oxygen atoms in total. The van der Waals surface area contributed by atoms with Crippen LogP contribution < -0.4 is 10.6 Å². The van der Waals surface area contributed by atoms with Gasteiger partial charge in [-0.05, 0) is 36.7 Å². The van der Waals surface area contributed by atoms with Crippen molar-refractivity contribution in [1.82, 2.24) is 10.6 Å². The van der Waals surface area contributed by atoms with Gasteiger partial charge in [-0.25, -0.2) is 8.42 Å². The van der Waals surface area contributed by atoms with E-state index in [2.05, 4.69) is 15.6 Å². The number of halogens is 1. The van der Waals surface area contributed by atoms with E-state index in [1.807, 2.05) is 30.3 Å². The summed E-state index contributed by atoms with van der Waals surface area (Å²) in [5.74, 6) is 1.01. The third-order valence-corrected chi connectivity index (χ3v) is 6.94. The molecule has 0 radical (unpaired) electrons. The molecule has 1 aliphatic carbocycles. The fourth-order valence-electron chi connectivity index (χ4n) is 3.40. The van der Waals surface area contributed by atoms with E-state index in [9.17, 15) is 8.42 Å². The first-order chi connectivity index (χ1) is 13.0. The van der Waals surface area contributed by atoms with E-state index >= 15 is 0 Å². The van der Waals surface area contributed by atoms with Gasteiger partial charge in [-0.1, -0.05) is 36.8 Å². The lowest BCUT2D eigenvalue weighted by Crippen LogP contribution is -2.47. The van der Waals surface area contributed by atoms with Crippen LogP contribution in [0.3, 0.4) is 0 Å². The minimum absolute atomic E-state index is 0. The van der Waals surface area contributed by atoms with Crippen LogP contribution in [0.5, 0.6) is 0 Å². The highest BCUT2D eigenvalue weighted by Crippen LogP contribution is 2.43. The molecule has 1 aliphatic rings. The van der Waals surface area contributed by atoms with Gasteiger partial charge in [-0.3, -0.25) is 4.99 Å². The molecular weight excluding hydrogens is 489 g/mol. The third-order valence-electron chi connectivity index (χ3n) is 5.26. The molecule has 2 rings (SSSR count). The number of sulfone groups is 1. The standard InChI is InChI=1S/C20H33N3O3S.HI/c1-21-19(23-17-20(10-6-11-20)12-14-26-2)22-13-7-15-27(24,25)16-18-8-4-3-5-9-18;/h3-5,8-9H,6-7,10-17H2,1-2H3,(H2,21,22,23);1H. The van der Waals surface area contributed by atoms with Crippen LogP contribution in [-0.2, 0) is 20.3 Å². The summed E-state index contributed by atoms with van der Waals surface area (Å²) >= 11 is 0. The average molecular weight is 523 g/mol. The minimum atomic E-state index is -3.09. The van der Waals surface area contributed by atoms with E-state index in [1.165, 1.54) is 19.3 Å². The van der Waals surface area contributed by atoms with Gasteiger partial charge in [0.05, 0.1) is 11.5 Å². The first kappa shape index (κ1) is 25.2. The number of nitrogens with zero attached hydrogens (tertiary/aromatic N) is 1. The predicted molar refractivity (Wildman–Crippen MR) is 126 cm³/mol. The van der Waals surface area contributed by atoms with E-state index in [0.717, 1.165) is 31.1 Å². The van der Waals surface area contributed by atoms with Gasteiger partial charge < -0.3 is 15.4 Å². The maximum absolute atomic E-state index is 12.2. The lowest BCUT2D eigenvalue weighted by molar-refractivity contribution is 0.0732. The molecule has 1 aromatic rings. The van der Waals surface area contributed by atoms with Gasteiger partial charge in [0, 0.05) is 33.9 Å². The van der Waals surface area contributed by atoms with Gasteiger partial charge >= 0.3 is 0 Å². The van der Waals surface area contributed by atoms with Crippen LogP contribution in [0.2, 0.25) is 0 Å². The molecule has 0 saturated heterocycles. The Bertz CT molecular complexity index is 692. The number of methoxy groups -OCH3 is 1. The maximum Gasteiger partial charge on any atom is 0.190 e. The number of nitrogens with one attached hydrogen (secondary N) is 2. The zero-order chi connectivity index (χ0) is 19.6. The smallest absolute Gasteiger partial charge is 0.190 e. The third kappa shape index (κ3) is 8.65. The molecule has 28 heavy (non-hydrogen) atoms. The minimum Gasteiger partial charge on any atom is -0.385 e. The van der Waals surface area contributed by atoms with Crippen LogP contribution in [-0.4, -0.2) is 54.0 Å². The first-order valence-corrected chi connectivity index (χ1v) is 11.5. The summed E-state index contributed by atoms with van der Waals surface area (Å²) in [7, 11) is 0.388. The van der Waals surface area contributed by atoms with Gasteiger partial charge in [0.2, 0.25) is 0 Å². The second-order valence-electron chi connectivity index (χ2n) is 7.38. The molecule has 8 heteroatoms. The van der Waals surface area contributed by atoms with Crippen molar-refractivity contribution in [2.45, 2.75) is 37.9 Å². The summed E-state index contributed by atoms with van der Waals surface area (Å²) < 4.78 is 29.7. The quantitative estimate of drug-likeness (QED) is 0.202. The van der Waals surface area contributed by atoms with Gasteiger partial charge in [0.1, 0.15) is 0 Å². The molecule has 0 atom stereocenters. The maximum atomic E-state index is 12.2. The molecule has 2 N–H and O–H groups in total. The molecule has 0 bridgehead atoms. The van der Waals surface area contributed by atoms with Crippen molar-refractivity contribution in [3.8, 4) is 0 Å². The van der Waals surface area contributed by atoms with Crippen LogP contribution in [0.1, 0.15) is 37.7 Å². The van der Waals surface area contributed by atoms with Crippen molar-refractivity contribution < 1.29 is 13.2 Å². The lowest BCUT2D eigenvalue weighted by Gasteiger charge is -2.42. The predicted octanol–water partition coefficient (Wildman–Crippen LogP) is 2.98. The molecule has 1 aromatic carbocycles. The topological polar surface area (TPSA) is 79.8 Å². The van der Waals surface area contributed by atoms with Crippen LogP contribution >= 0.6 is 24.0 Å². The number of rotatable bonds is 11. The summed E-state index contributed by atoms with van der Waals surface area (Å²) in [4.78, 5) is 4.25. The summed E-state index contributed by atoms with van der Waals surface area (Å²) in [5, 5.41) is 6.62. The molecule has 0 amide bonds. The highest BCUT2D eigenvalue weighted by atomic mass is 127. The Kier molecular flexibility index (Phi) is 11.4. The summed E-state index contributed by atoms with van der Waals surface area (Å²) in [5.41, 5.74) is 1.15. The van der Waals surface area contributed by atoms with E-state index < -0.39 is 9.84 Å². The zero-order valence-corrected chi connectivity index (χ0v) is 20.1. The van der Waals surface area contributed by atoms with Crippen molar-refractivity contribution in [3.63, 3.8) is 0 Å². The molecule has 0 aromatic heterocycles. The van der Waals surface area contributed by atoms with Crippen LogP contribution in [0, 0.1) is 5.41 Å². The van der Waals surface area contributed by atoms with E-state index in [0.29, 0.717) is 18.4 Å². The Labute approximate surface area is 186 Å². The Morgan fingerprint density at radius 3 is 2.50 bits per heavy atom. The highest BCUT2D eigenvalue weighted by Gasteiger charge is 2.36. The molecular formula is C20H34IN3O3S. The average Bonchev–Trinajstić information content (AvgIpc) is 2.62. The van der Waals surface area contributed by atoms with Crippen molar-refractivity contribution >= 4 is 39.8 Å². The van der Waals surface area contributed by atoms with Crippen molar-refractivity contribution in [1.29, 1.82) is 0 Å². The number of guanidine groups is 1. The number of aliphatic imine (C=N–C) groups is 1. The van der Waals surface area contributed by atoms with Crippen molar-refractivity contribution in [3.05, 3.63) is 35.9 Å². The number of hydrogen-bond acceptors (Lipinski definition) is 4. The molecule has 160 valence electrons. The summed E-state index contributed by atoms with van der Waals surface area (Å²) in [6.07, 6.45) is 5.34. The second-order valence-corrected chi connectivity index (χ2v) is 9.56. The zero-order valence-electron chi connectivity index (χ0n) is 16.9. The largest absolute Gasteiger partial charge is 0.385 e. The fourth-order valence-corrected chi connectivity index (χ4v) is 4.83. The number of ether oxygens (including phenoxy) is 1. The lowest BCUT2D eigenvalue weighted by atomic mass is 9.67. The van der Waals surface area contributed by atoms with E-state index in [-0.39, 0.29) is 35.5 Å². The van der Waals surface area contributed by atoms with Crippen LogP contribution in [0.15, 0.2) is 35.3 Å². The Hall–Kier alpha value is -0.870. The second kappa shape index (κ2) is 12.6. The molecule has 1 saturated carbocycles. The summed E-state index contributed by atoms with van der Waals surface area (Å²) in [6, 6.07) is 9.32. The molecule has 0 heterocycles. The van der Waals surface area contributed by atoms with Gasteiger partial charge in [-0.2, -0.15) is 0 Å². The monoisotopic (exact) mass is 523 g/mol. The molecule has 0 aliphatic heterocycles. The highest BCUT2D eigenvalue weighted by molar-refractivity contribution is 14.0. The Balaban J connectivity index is 0.00000392. The van der Waals surface area contributed by atoms with Crippen LogP contribution in [0.4, 0.5) is 0 Å². The summed E-state index contributed by atoms with van der Waals surface area (Å²) in [6.45, 7) is 2.24. The van der Waals surface area contributed by atoms with Gasteiger partial charge in [0.15, 0.2) is 15.8 Å². The normalized spacial score (nSPS) is 16.0. The number of hydrogen-bond donors (Lipinski definition) is 2. The first-order valence-electron chi connectivity index (χ1n) is 9.66. The Morgan fingerprint density at radius 2 is 1.93 bits per heavy atom. The fraction of sp³-hybridized carbons (Fsp3) is 0.650. The SMILES string of the molecule is CN=C(NCCCS(=O)(=O)Cc1ccccc1)NCC1(CCOC)CCC1.I. The molecule has 1 fully saturated rings. The Morgan fingerprint density at radius 1 is 1.21 bits per heavy atom. The molecule has 0 unspecified atom stereocenters. The van der Waals surface area contributed by atoms with Crippen LogP contribution in [0.25, 0.3) is 0 Å².